The second kappa shape index (κ2) is 4.53. The molecule has 0 amide bonds. The van der Waals surface area contributed by atoms with Crippen molar-refractivity contribution < 1.29 is 14.3 Å². The van der Waals surface area contributed by atoms with Gasteiger partial charge in [-0.1, -0.05) is 20.8 Å². The Labute approximate surface area is 93.9 Å². The Morgan fingerprint density at radius 3 is 2.27 bits per heavy atom. The van der Waals surface area contributed by atoms with Gasteiger partial charge in [-0.05, 0) is 24.6 Å². The Balaban J connectivity index is 2.20. The van der Waals surface area contributed by atoms with Gasteiger partial charge in [-0.25, -0.2) is 0 Å². The second-order valence-corrected chi connectivity index (χ2v) is 10.6. The fraction of sp³-hybridized carbons (Fsp3) is 1.00. The molecule has 1 heterocycles. The van der Waals surface area contributed by atoms with E-state index in [9.17, 15) is 0 Å². The van der Waals surface area contributed by atoms with Gasteiger partial charge in [0, 0.05) is 6.61 Å². The van der Waals surface area contributed by atoms with Crippen LogP contribution < -0.4 is 0 Å². The maximum atomic E-state index is 8.81. The summed E-state index contributed by atoms with van der Waals surface area (Å²) in [5, 5.41) is 9.08. The van der Waals surface area contributed by atoms with E-state index in [1.165, 1.54) is 0 Å². The van der Waals surface area contributed by atoms with Gasteiger partial charge < -0.3 is 14.3 Å². The predicted octanol–water partition coefficient (Wildman–Crippen LogP) is 2.16. The number of hydrogen-bond donors (Lipinski definition) is 1. The van der Waals surface area contributed by atoms with Crippen molar-refractivity contribution in [3.05, 3.63) is 0 Å². The highest BCUT2D eigenvalue weighted by Crippen LogP contribution is 2.37. The fourth-order valence-corrected chi connectivity index (χ4v) is 2.30. The topological polar surface area (TPSA) is 42.0 Å². The second-order valence-electron chi connectivity index (χ2n) is 5.79. The van der Waals surface area contributed by atoms with Crippen LogP contribution in [0.5, 0.6) is 0 Å². The molecular formula is C11H24O3Si. The van der Waals surface area contributed by atoms with Crippen LogP contribution in [0.3, 0.4) is 0 Å². The van der Waals surface area contributed by atoms with Crippen LogP contribution in [0, 0.1) is 0 Å². The van der Waals surface area contributed by atoms with E-state index in [1.807, 2.05) is 0 Å². The molecule has 1 fully saturated rings. The van der Waals surface area contributed by atoms with Gasteiger partial charge in [-0.2, -0.15) is 0 Å². The summed E-state index contributed by atoms with van der Waals surface area (Å²) in [6, 6.07) is 0. The number of rotatable bonds is 5. The molecule has 3 nitrogen and oxygen atoms in total. The molecule has 0 saturated carbocycles. The highest BCUT2D eigenvalue weighted by Gasteiger charge is 2.40. The molecule has 90 valence electrons. The summed E-state index contributed by atoms with van der Waals surface area (Å²) < 4.78 is 11.3. The molecule has 0 radical (unpaired) electrons. The molecule has 4 heteroatoms. The lowest BCUT2D eigenvalue weighted by Crippen LogP contribution is -2.41. The maximum absolute atomic E-state index is 8.81. The number of aliphatic hydroxyl groups is 1. The van der Waals surface area contributed by atoms with Crippen molar-refractivity contribution in [2.75, 3.05) is 13.2 Å². The van der Waals surface area contributed by atoms with E-state index in [0.717, 1.165) is 13.0 Å². The molecule has 2 atom stereocenters. The van der Waals surface area contributed by atoms with Gasteiger partial charge in [0.2, 0.25) is 0 Å². The summed E-state index contributed by atoms with van der Waals surface area (Å²) in [7, 11) is -1.59. The van der Waals surface area contributed by atoms with Gasteiger partial charge in [-0.3, -0.25) is 0 Å². The minimum atomic E-state index is -1.59. The van der Waals surface area contributed by atoms with Crippen molar-refractivity contribution in [2.45, 2.75) is 57.5 Å². The van der Waals surface area contributed by atoms with Gasteiger partial charge in [0.15, 0.2) is 8.32 Å². The quantitative estimate of drug-likeness (QED) is 0.583. The average Bonchev–Trinajstić information content (AvgIpc) is 2.81. The van der Waals surface area contributed by atoms with Crippen LogP contribution in [-0.4, -0.2) is 38.8 Å². The normalized spacial score (nSPS) is 26.8. The van der Waals surface area contributed by atoms with E-state index >= 15 is 0 Å². The standard InChI is InChI=1S/C11H24O3Si/c1-11(2,3)15(4,5)13-7-6-9-10(8-12)14-9/h9-10,12H,6-8H2,1-5H3/t9-,10-/m1/s1. The summed E-state index contributed by atoms with van der Waals surface area (Å²) in [6.07, 6.45) is 1.23. The van der Waals surface area contributed by atoms with Crippen LogP contribution in [-0.2, 0) is 9.16 Å². The van der Waals surface area contributed by atoms with E-state index in [2.05, 4.69) is 33.9 Å². The number of epoxide rings is 1. The highest BCUT2D eigenvalue weighted by molar-refractivity contribution is 6.74. The van der Waals surface area contributed by atoms with E-state index in [-0.39, 0.29) is 23.9 Å². The summed E-state index contributed by atoms with van der Waals surface area (Å²) in [5.74, 6) is 0. The Morgan fingerprint density at radius 2 is 1.87 bits per heavy atom. The van der Waals surface area contributed by atoms with Gasteiger partial charge in [0.25, 0.3) is 0 Å². The Bertz CT molecular complexity index is 210. The molecule has 0 unspecified atom stereocenters. The van der Waals surface area contributed by atoms with E-state index in [1.54, 1.807) is 0 Å². The minimum Gasteiger partial charge on any atom is -0.417 e. The van der Waals surface area contributed by atoms with E-state index in [0.29, 0.717) is 0 Å². The molecule has 0 aromatic heterocycles. The van der Waals surface area contributed by atoms with Crippen molar-refractivity contribution in [3.8, 4) is 0 Å². The van der Waals surface area contributed by atoms with Crippen molar-refractivity contribution in [1.82, 2.24) is 0 Å². The average molecular weight is 232 g/mol. The molecule has 1 aliphatic heterocycles. The summed E-state index contributed by atoms with van der Waals surface area (Å²) in [4.78, 5) is 0. The number of hydrogen-bond acceptors (Lipinski definition) is 3. The SMILES string of the molecule is CC(C)(C)[Si](C)(C)OCC[C@H]1O[C@@H]1CO. The number of aliphatic hydroxyl groups excluding tert-OH is 1. The van der Waals surface area contributed by atoms with Crippen molar-refractivity contribution >= 4 is 8.32 Å². The lowest BCUT2D eigenvalue weighted by atomic mass is 10.2. The third kappa shape index (κ3) is 3.55. The first-order valence-electron chi connectivity index (χ1n) is 5.68. The lowest BCUT2D eigenvalue weighted by Gasteiger charge is -2.36. The minimum absolute atomic E-state index is 0.0769. The summed E-state index contributed by atoms with van der Waals surface area (Å²) >= 11 is 0. The Hall–Kier alpha value is 0.0969. The van der Waals surface area contributed by atoms with Gasteiger partial charge in [0.05, 0.1) is 12.7 Å². The van der Waals surface area contributed by atoms with Crippen LogP contribution in [0.15, 0.2) is 0 Å². The smallest absolute Gasteiger partial charge is 0.191 e. The third-order valence-electron chi connectivity index (χ3n) is 3.54. The van der Waals surface area contributed by atoms with Gasteiger partial charge in [0.1, 0.15) is 6.10 Å². The monoisotopic (exact) mass is 232 g/mol. The molecule has 0 bridgehead atoms. The Kier molecular flexibility index (Phi) is 3.98. The van der Waals surface area contributed by atoms with Crippen LogP contribution in [0.1, 0.15) is 27.2 Å². The predicted molar refractivity (Wildman–Crippen MR) is 63.5 cm³/mol. The first kappa shape index (κ1) is 13.2. The largest absolute Gasteiger partial charge is 0.417 e. The molecule has 0 spiro atoms. The zero-order chi connectivity index (χ0) is 11.7. The van der Waals surface area contributed by atoms with Crippen molar-refractivity contribution in [1.29, 1.82) is 0 Å². The van der Waals surface area contributed by atoms with Gasteiger partial charge in [-0.15, -0.1) is 0 Å². The van der Waals surface area contributed by atoms with Gasteiger partial charge >= 0.3 is 0 Å². The van der Waals surface area contributed by atoms with Crippen LogP contribution >= 0.6 is 0 Å². The summed E-state index contributed by atoms with van der Waals surface area (Å²) in [5.41, 5.74) is 0. The first-order chi connectivity index (χ1) is 6.78. The molecule has 0 aromatic rings. The summed E-state index contributed by atoms with van der Waals surface area (Å²) in [6.45, 7) is 12.1. The van der Waals surface area contributed by atoms with Crippen LogP contribution in [0.25, 0.3) is 0 Å². The third-order valence-corrected chi connectivity index (χ3v) is 8.08. The molecule has 1 N–H and O–H groups in total. The Morgan fingerprint density at radius 1 is 1.27 bits per heavy atom. The molecule has 1 aliphatic rings. The molecule has 15 heavy (non-hydrogen) atoms. The number of ether oxygens (including phenoxy) is 1. The fourth-order valence-electron chi connectivity index (χ4n) is 1.24. The molecular weight excluding hydrogens is 208 g/mol. The van der Waals surface area contributed by atoms with E-state index in [4.69, 9.17) is 14.3 Å². The molecule has 0 aliphatic carbocycles. The maximum Gasteiger partial charge on any atom is 0.191 e. The first-order valence-corrected chi connectivity index (χ1v) is 8.59. The zero-order valence-corrected chi connectivity index (χ0v) is 11.5. The van der Waals surface area contributed by atoms with Crippen molar-refractivity contribution in [3.63, 3.8) is 0 Å². The van der Waals surface area contributed by atoms with E-state index < -0.39 is 8.32 Å². The van der Waals surface area contributed by atoms with Crippen LogP contribution in [0.4, 0.5) is 0 Å². The lowest BCUT2D eigenvalue weighted by molar-refractivity contribution is 0.236. The molecule has 1 saturated heterocycles. The van der Waals surface area contributed by atoms with Crippen molar-refractivity contribution in [2.24, 2.45) is 0 Å². The molecule has 1 rings (SSSR count). The van der Waals surface area contributed by atoms with Crippen LogP contribution in [0.2, 0.25) is 18.1 Å². The highest BCUT2D eigenvalue weighted by atomic mass is 28.4. The zero-order valence-electron chi connectivity index (χ0n) is 10.5. The molecule has 0 aromatic carbocycles.